The number of nitriles is 1. The van der Waals surface area contributed by atoms with Crippen LogP contribution in [0.25, 0.3) is 10.2 Å². The molecule has 0 atom stereocenters. The third-order valence-corrected chi connectivity index (χ3v) is 7.17. The van der Waals surface area contributed by atoms with Gasteiger partial charge >= 0.3 is 4.87 Å². The number of sulfonamides is 1. The number of hydrogen-bond donors (Lipinski definition) is 1. The summed E-state index contributed by atoms with van der Waals surface area (Å²) in [6, 6.07) is 12.4. The third kappa shape index (κ3) is 4.46. The summed E-state index contributed by atoms with van der Waals surface area (Å²) < 4.78 is 35.1. The highest BCUT2D eigenvalue weighted by Crippen LogP contribution is 2.24. The molecule has 1 N–H and O–H groups in total. The number of aromatic nitrogens is 1. The number of anilines is 1. The van der Waals surface area contributed by atoms with Gasteiger partial charge in [0, 0.05) is 13.1 Å². The van der Waals surface area contributed by atoms with Gasteiger partial charge in [0.1, 0.15) is 6.54 Å². The van der Waals surface area contributed by atoms with Gasteiger partial charge in [-0.05, 0) is 36.4 Å². The fourth-order valence-corrected chi connectivity index (χ4v) is 5.36. The summed E-state index contributed by atoms with van der Waals surface area (Å²) in [7, 11) is -3.93. The van der Waals surface area contributed by atoms with E-state index in [-0.39, 0.29) is 27.9 Å². The molecule has 1 aliphatic heterocycles. The van der Waals surface area contributed by atoms with Gasteiger partial charge in [-0.15, -0.1) is 0 Å². The zero-order valence-electron chi connectivity index (χ0n) is 16.3. The van der Waals surface area contributed by atoms with Crippen molar-refractivity contribution in [2.75, 3.05) is 31.0 Å². The van der Waals surface area contributed by atoms with Crippen LogP contribution >= 0.6 is 11.3 Å². The molecule has 0 aliphatic carbocycles. The van der Waals surface area contributed by atoms with E-state index in [1.165, 1.54) is 28.8 Å². The van der Waals surface area contributed by atoms with Crippen LogP contribution in [0.2, 0.25) is 0 Å². The van der Waals surface area contributed by atoms with E-state index in [2.05, 4.69) is 4.72 Å². The number of amides is 1. The van der Waals surface area contributed by atoms with E-state index in [0.717, 1.165) is 11.3 Å². The predicted molar refractivity (Wildman–Crippen MR) is 115 cm³/mol. The summed E-state index contributed by atoms with van der Waals surface area (Å²) in [5, 5.41) is 8.98. The van der Waals surface area contributed by atoms with Crippen molar-refractivity contribution in [2.45, 2.75) is 11.4 Å². The quantitative estimate of drug-likeness (QED) is 0.620. The number of nitrogens with zero attached hydrogens (tertiary/aromatic N) is 3. The molecule has 1 saturated heterocycles. The van der Waals surface area contributed by atoms with Gasteiger partial charge in [-0.3, -0.25) is 18.9 Å². The van der Waals surface area contributed by atoms with Crippen LogP contribution in [0.1, 0.15) is 5.56 Å². The molecule has 0 radical (unpaired) electrons. The average Bonchev–Trinajstić information content (AvgIpc) is 3.08. The van der Waals surface area contributed by atoms with Gasteiger partial charge in [-0.25, -0.2) is 8.42 Å². The van der Waals surface area contributed by atoms with Crippen LogP contribution in [-0.2, 0) is 26.1 Å². The molecule has 160 valence electrons. The van der Waals surface area contributed by atoms with Crippen molar-refractivity contribution in [3.8, 4) is 6.07 Å². The van der Waals surface area contributed by atoms with Crippen LogP contribution in [0.5, 0.6) is 0 Å². The van der Waals surface area contributed by atoms with Crippen molar-refractivity contribution in [2.24, 2.45) is 0 Å². The Balaban J connectivity index is 1.60. The first-order valence-corrected chi connectivity index (χ1v) is 11.7. The highest BCUT2D eigenvalue weighted by atomic mass is 32.2. The number of thiazole rings is 1. The molecule has 31 heavy (non-hydrogen) atoms. The van der Waals surface area contributed by atoms with Crippen molar-refractivity contribution in [1.29, 1.82) is 5.26 Å². The van der Waals surface area contributed by atoms with Crippen molar-refractivity contribution in [3.63, 3.8) is 0 Å². The zero-order valence-corrected chi connectivity index (χ0v) is 17.9. The molecule has 1 aromatic heterocycles. The largest absolute Gasteiger partial charge is 0.378 e. The van der Waals surface area contributed by atoms with Crippen LogP contribution in [0.15, 0.2) is 52.2 Å². The Bertz CT molecular complexity index is 1350. The highest BCUT2D eigenvalue weighted by molar-refractivity contribution is 7.92. The van der Waals surface area contributed by atoms with E-state index in [4.69, 9.17) is 10.00 Å². The lowest BCUT2D eigenvalue weighted by Gasteiger charge is -2.26. The second kappa shape index (κ2) is 8.50. The molecule has 0 saturated carbocycles. The maximum absolute atomic E-state index is 12.8. The molecule has 2 aromatic carbocycles. The van der Waals surface area contributed by atoms with E-state index in [1.54, 1.807) is 23.1 Å². The minimum Gasteiger partial charge on any atom is -0.378 e. The van der Waals surface area contributed by atoms with Crippen LogP contribution < -0.4 is 9.60 Å². The van der Waals surface area contributed by atoms with E-state index in [0.29, 0.717) is 42.1 Å². The van der Waals surface area contributed by atoms with Crippen molar-refractivity contribution in [3.05, 3.63) is 57.7 Å². The SMILES string of the molecule is N#Cc1cccc(NS(=O)(=O)c2ccc3c(c2)sc(=O)n3CC(=O)N2CCOCC2)c1. The minimum atomic E-state index is -3.93. The Morgan fingerprint density at radius 3 is 2.71 bits per heavy atom. The second-order valence-electron chi connectivity index (χ2n) is 6.87. The van der Waals surface area contributed by atoms with Gasteiger partial charge in [0.2, 0.25) is 5.91 Å². The number of carbonyl (C=O) groups excluding carboxylic acids is 1. The second-order valence-corrected chi connectivity index (χ2v) is 9.55. The lowest BCUT2D eigenvalue weighted by Crippen LogP contribution is -2.43. The van der Waals surface area contributed by atoms with Gasteiger partial charge < -0.3 is 9.64 Å². The van der Waals surface area contributed by atoms with Crippen molar-refractivity contribution in [1.82, 2.24) is 9.47 Å². The van der Waals surface area contributed by atoms with Gasteiger partial charge in [-0.1, -0.05) is 17.4 Å². The average molecular weight is 459 g/mol. The molecule has 0 bridgehead atoms. The molecular formula is C20H18N4O5S2. The van der Waals surface area contributed by atoms with Crippen molar-refractivity contribution >= 4 is 43.2 Å². The molecule has 1 amide bonds. The summed E-state index contributed by atoms with van der Waals surface area (Å²) in [5.41, 5.74) is 1.10. The first kappa shape index (κ1) is 21.0. The number of benzene rings is 2. The summed E-state index contributed by atoms with van der Waals surface area (Å²) >= 11 is 0.887. The zero-order chi connectivity index (χ0) is 22.0. The van der Waals surface area contributed by atoms with Gasteiger partial charge in [0.15, 0.2) is 0 Å². The standard InChI is InChI=1S/C20H18N4O5S2/c21-12-14-2-1-3-15(10-14)22-31(27,28)16-4-5-17-18(11-16)30-20(26)24(17)13-19(25)23-6-8-29-9-7-23/h1-5,10-11,22H,6-9,13H2. The number of ether oxygens (including phenoxy) is 1. The normalized spacial score (nSPS) is 14.4. The molecule has 1 aliphatic rings. The number of carbonyl (C=O) groups is 1. The summed E-state index contributed by atoms with van der Waals surface area (Å²) in [6.07, 6.45) is 0. The van der Waals surface area contributed by atoms with E-state index < -0.39 is 10.0 Å². The van der Waals surface area contributed by atoms with E-state index in [9.17, 15) is 18.0 Å². The maximum atomic E-state index is 12.8. The van der Waals surface area contributed by atoms with Crippen LogP contribution in [-0.4, -0.2) is 50.1 Å². The monoisotopic (exact) mass is 458 g/mol. The molecule has 0 spiro atoms. The van der Waals surface area contributed by atoms with E-state index >= 15 is 0 Å². The summed E-state index contributed by atoms with van der Waals surface area (Å²) in [5.74, 6) is -0.180. The molecule has 3 aromatic rings. The first-order valence-electron chi connectivity index (χ1n) is 9.39. The first-order chi connectivity index (χ1) is 14.9. The topological polar surface area (TPSA) is 122 Å². The van der Waals surface area contributed by atoms with Crippen molar-refractivity contribution < 1.29 is 17.9 Å². The number of hydrogen-bond acceptors (Lipinski definition) is 7. The van der Waals surface area contributed by atoms with Crippen LogP contribution in [0, 0.1) is 11.3 Å². The highest BCUT2D eigenvalue weighted by Gasteiger charge is 2.21. The number of nitrogens with one attached hydrogen (secondary N) is 1. The lowest BCUT2D eigenvalue weighted by molar-refractivity contribution is -0.135. The molecule has 11 heteroatoms. The maximum Gasteiger partial charge on any atom is 0.308 e. The molecule has 4 rings (SSSR count). The third-order valence-electron chi connectivity index (χ3n) is 4.85. The minimum absolute atomic E-state index is 0.0183. The molecular weight excluding hydrogens is 440 g/mol. The van der Waals surface area contributed by atoms with Crippen LogP contribution in [0.4, 0.5) is 5.69 Å². The molecule has 1 fully saturated rings. The number of fused-ring (bicyclic) bond motifs is 1. The Hall–Kier alpha value is -3.20. The predicted octanol–water partition coefficient (Wildman–Crippen LogP) is 1.59. The van der Waals surface area contributed by atoms with Crippen LogP contribution in [0.3, 0.4) is 0 Å². The fourth-order valence-electron chi connectivity index (χ4n) is 3.28. The summed E-state index contributed by atoms with van der Waals surface area (Å²) in [4.78, 5) is 26.3. The fraction of sp³-hybridized carbons (Fsp3) is 0.250. The smallest absolute Gasteiger partial charge is 0.308 e. The Morgan fingerprint density at radius 1 is 1.19 bits per heavy atom. The summed E-state index contributed by atoms with van der Waals surface area (Å²) in [6.45, 7) is 1.80. The molecule has 2 heterocycles. The van der Waals surface area contributed by atoms with E-state index in [1.807, 2.05) is 6.07 Å². The molecule has 0 unspecified atom stereocenters. The number of rotatable bonds is 5. The lowest BCUT2D eigenvalue weighted by atomic mass is 10.2. The van der Waals surface area contributed by atoms with Gasteiger partial charge in [-0.2, -0.15) is 5.26 Å². The van der Waals surface area contributed by atoms with Gasteiger partial charge in [0.05, 0.1) is 45.6 Å². The Morgan fingerprint density at radius 2 is 1.97 bits per heavy atom. The Labute approximate surface area is 182 Å². The number of morpholine rings is 1. The van der Waals surface area contributed by atoms with Gasteiger partial charge in [0.25, 0.3) is 10.0 Å². The Kier molecular flexibility index (Phi) is 5.77. The molecule has 9 nitrogen and oxygen atoms in total.